The van der Waals surface area contributed by atoms with Crippen LogP contribution in [0, 0.1) is 6.92 Å². The highest BCUT2D eigenvalue weighted by molar-refractivity contribution is 6.31. The summed E-state index contributed by atoms with van der Waals surface area (Å²) in [4.78, 5) is 11.7. The lowest BCUT2D eigenvalue weighted by Gasteiger charge is -2.32. The van der Waals surface area contributed by atoms with Crippen LogP contribution in [0.25, 0.3) is 16.6 Å². The molecule has 1 aliphatic rings. The number of halogens is 1. The molecule has 0 radical (unpaired) electrons. The maximum absolute atomic E-state index is 6.28. The second-order valence-electron chi connectivity index (χ2n) is 7.45. The summed E-state index contributed by atoms with van der Waals surface area (Å²) >= 11 is 6.28. The van der Waals surface area contributed by atoms with E-state index in [1.54, 1.807) is 4.52 Å². The van der Waals surface area contributed by atoms with Gasteiger partial charge >= 0.3 is 0 Å². The minimum atomic E-state index is 0.226. The van der Waals surface area contributed by atoms with Gasteiger partial charge in [-0.3, -0.25) is 4.68 Å². The first-order chi connectivity index (χ1) is 13.5. The first kappa shape index (κ1) is 17.2. The zero-order valence-electron chi connectivity index (χ0n) is 15.8. The van der Waals surface area contributed by atoms with Crippen LogP contribution in [-0.4, -0.2) is 42.5 Å². The monoisotopic (exact) mass is 396 g/mol. The molecule has 0 amide bonds. The van der Waals surface area contributed by atoms with Gasteiger partial charge in [0.05, 0.1) is 17.4 Å². The lowest BCUT2D eigenvalue weighted by molar-refractivity contribution is 0.491. The Bertz CT molecular complexity index is 1190. The summed E-state index contributed by atoms with van der Waals surface area (Å²) in [6.07, 6.45) is 6.06. The molecule has 4 aromatic rings. The molecule has 1 unspecified atom stereocenters. The molecular weight excluding hydrogens is 376 g/mol. The molecule has 4 heterocycles. The summed E-state index contributed by atoms with van der Waals surface area (Å²) in [7, 11) is 1.93. The highest BCUT2D eigenvalue weighted by atomic mass is 35.5. The second kappa shape index (κ2) is 6.34. The van der Waals surface area contributed by atoms with Crippen molar-refractivity contribution in [3.63, 3.8) is 0 Å². The molecule has 0 saturated carbocycles. The average Bonchev–Trinajstić information content (AvgIpc) is 3.30. The molecule has 1 aliphatic heterocycles. The Morgan fingerprint density at radius 3 is 2.89 bits per heavy atom. The summed E-state index contributed by atoms with van der Waals surface area (Å²) in [5, 5.41) is 10.5. The van der Waals surface area contributed by atoms with Crippen molar-refractivity contribution in [2.24, 2.45) is 7.05 Å². The molecule has 2 N–H and O–H groups in total. The van der Waals surface area contributed by atoms with Crippen molar-refractivity contribution in [2.45, 2.75) is 25.7 Å². The molecule has 9 heteroatoms. The summed E-state index contributed by atoms with van der Waals surface area (Å²) < 4.78 is 3.46. The van der Waals surface area contributed by atoms with Crippen LogP contribution in [0.5, 0.6) is 0 Å². The molecule has 0 aliphatic carbocycles. The van der Waals surface area contributed by atoms with Gasteiger partial charge in [-0.05, 0) is 37.5 Å². The van der Waals surface area contributed by atoms with Crippen molar-refractivity contribution >= 4 is 39.8 Å². The van der Waals surface area contributed by atoms with Gasteiger partial charge in [0.1, 0.15) is 0 Å². The minimum Gasteiger partial charge on any atom is -0.368 e. The Labute approximate surface area is 166 Å². The Balaban J connectivity index is 1.57. The highest BCUT2D eigenvalue weighted by Crippen LogP contribution is 2.31. The number of hydrogen-bond acceptors (Lipinski definition) is 6. The van der Waals surface area contributed by atoms with Crippen LogP contribution in [0.4, 0.5) is 11.6 Å². The Morgan fingerprint density at radius 2 is 2.11 bits per heavy atom. The number of nitrogens with two attached hydrogens (primary N) is 1. The van der Waals surface area contributed by atoms with Crippen LogP contribution < -0.4 is 10.6 Å². The molecule has 0 spiro atoms. The van der Waals surface area contributed by atoms with Crippen molar-refractivity contribution in [1.82, 2.24) is 29.4 Å². The molecule has 3 aromatic heterocycles. The first-order valence-electron chi connectivity index (χ1n) is 9.35. The standard InChI is InChI=1S/C19H21ClN8/c1-11-6-13(20)7-15-16(11)23-19(21)28-18(15)24-17(25-28)12-4-3-5-27(9-12)14-8-22-26(2)10-14/h6-8,10,12H,3-5,9H2,1-2H3,(H2,21,23). The molecule has 1 atom stereocenters. The van der Waals surface area contributed by atoms with E-state index < -0.39 is 0 Å². The zero-order valence-corrected chi connectivity index (χ0v) is 16.6. The van der Waals surface area contributed by atoms with E-state index in [1.807, 2.05) is 43.2 Å². The second-order valence-corrected chi connectivity index (χ2v) is 7.89. The van der Waals surface area contributed by atoms with Crippen LogP contribution >= 0.6 is 11.6 Å². The smallest absolute Gasteiger partial charge is 0.223 e. The van der Waals surface area contributed by atoms with Crippen molar-refractivity contribution in [3.05, 3.63) is 40.9 Å². The lowest BCUT2D eigenvalue weighted by Crippen LogP contribution is -2.34. The fourth-order valence-corrected chi connectivity index (χ4v) is 4.32. The van der Waals surface area contributed by atoms with E-state index in [-0.39, 0.29) is 5.92 Å². The van der Waals surface area contributed by atoms with Gasteiger partial charge in [0.15, 0.2) is 11.5 Å². The molecule has 144 valence electrons. The number of anilines is 2. The number of fused-ring (bicyclic) bond motifs is 3. The summed E-state index contributed by atoms with van der Waals surface area (Å²) in [6, 6.07) is 3.77. The highest BCUT2D eigenvalue weighted by Gasteiger charge is 2.26. The maximum Gasteiger partial charge on any atom is 0.223 e. The molecule has 28 heavy (non-hydrogen) atoms. The number of piperidine rings is 1. The van der Waals surface area contributed by atoms with Crippen LogP contribution in [0.1, 0.15) is 30.1 Å². The number of nitrogens with zero attached hydrogens (tertiary/aromatic N) is 7. The maximum atomic E-state index is 6.28. The van der Waals surface area contributed by atoms with Gasteiger partial charge in [-0.1, -0.05) is 11.6 Å². The summed E-state index contributed by atoms with van der Waals surface area (Å²) in [5.74, 6) is 1.36. The van der Waals surface area contributed by atoms with Gasteiger partial charge in [-0.15, -0.1) is 5.10 Å². The minimum absolute atomic E-state index is 0.226. The number of rotatable bonds is 2. The third-order valence-corrected chi connectivity index (χ3v) is 5.63. The van der Waals surface area contributed by atoms with E-state index in [0.29, 0.717) is 16.6 Å². The van der Waals surface area contributed by atoms with Crippen molar-refractivity contribution in [2.75, 3.05) is 23.7 Å². The summed E-state index contributed by atoms with van der Waals surface area (Å²) in [5.41, 5.74) is 9.82. The zero-order chi connectivity index (χ0) is 19.4. The normalized spacial score (nSPS) is 17.7. The van der Waals surface area contributed by atoms with Crippen molar-refractivity contribution < 1.29 is 0 Å². The Hall–Kier alpha value is -2.87. The third-order valence-electron chi connectivity index (χ3n) is 5.42. The Morgan fingerprint density at radius 1 is 1.25 bits per heavy atom. The Kier molecular flexibility index (Phi) is 3.90. The van der Waals surface area contributed by atoms with Crippen LogP contribution in [-0.2, 0) is 7.05 Å². The molecule has 1 fully saturated rings. The van der Waals surface area contributed by atoms with Gasteiger partial charge in [-0.25, -0.2) is 9.97 Å². The SMILES string of the molecule is Cc1cc(Cl)cc2c1nc(N)n1nc(C3CCCN(c4cnn(C)c4)C3)nc21. The first-order valence-corrected chi connectivity index (χ1v) is 9.73. The van der Waals surface area contributed by atoms with Crippen LogP contribution in [0.2, 0.25) is 5.02 Å². The van der Waals surface area contributed by atoms with Crippen LogP contribution in [0.3, 0.4) is 0 Å². The van der Waals surface area contributed by atoms with E-state index in [1.165, 1.54) is 0 Å². The van der Waals surface area contributed by atoms with Gasteiger partial charge < -0.3 is 10.6 Å². The number of hydrogen-bond donors (Lipinski definition) is 1. The molecule has 1 aromatic carbocycles. The van der Waals surface area contributed by atoms with E-state index in [9.17, 15) is 0 Å². The lowest BCUT2D eigenvalue weighted by atomic mass is 9.97. The topological polar surface area (TPSA) is 90.2 Å². The number of nitrogen functional groups attached to an aromatic ring is 1. The predicted octanol–water partition coefficient (Wildman–Crippen LogP) is 2.94. The van der Waals surface area contributed by atoms with Gasteiger partial charge in [0.25, 0.3) is 0 Å². The molecule has 5 rings (SSSR count). The van der Waals surface area contributed by atoms with Gasteiger partial charge in [0.2, 0.25) is 5.95 Å². The predicted molar refractivity (Wildman–Crippen MR) is 110 cm³/mol. The third kappa shape index (κ3) is 2.75. The average molecular weight is 397 g/mol. The van der Waals surface area contributed by atoms with Crippen molar-refractivity contribution in [3.8, 4) is 0 Å². The van der Waals surface area contributed by atoms with Crippen LogP contribution in [0.15, 0.2) is 24.5 Å². The number of aromatic nitrogens is 6. The number of aryl methyl sites for hydroxylation is 2. The van der Waals surface area contributed by atoms with E-state index in [2.05, 4.69) is 15.0 Å². The van der Waals surface area contributed by atoms with E-state index >= 15 is 0 Å². The molecular formula is C19H21ClN8. The molecule has 8 nitrogen and oxygen atoms in total. The largest absolute Gasteiger partial charge is 0.368 e. The quantitative estimate of drug-likeness (QED) is 0.560. The van der Waals surface area contributed by atoms with Gasteiger partial charge in [-0.2, -0.15) is 9.61 Å². The fourth-order valence-electron chi connectivity index (χ4n) is 4.05. The fraction of sp³-hybridized carbons (Fsp3) is 0.368. The summed E-state index contributed by atoms with van der Waals surface area (Å²) in [6.45, 7) is 3.84. The van der Waals surface area contributed by atoms with E-state index in [4.69, 9.17) is 27.4 Å². The molecule has 1 saturated heterocycles. The van der Waals surface area contributed by atoms with E-state index in [0.717, 1.165) is 53.9 Å². The van der Waals surface area contributed by atoms with Crippen molar-refractivity contribution in [1.29, 1.82) is 0 Å². The molecule has 0 bridgehead atoms. The number of benzene rings is 1. The van der Waals surface area contributed by atoms with Gasteiger partial charge in [0, 0.05) is 42.7 Å².